The van der Waals surface area contributed by atoms with Crippen LogP contribution in [0.1, 0.15) is 32.7 Å². The molecule has 5 rings (SSSR count). The zero-order chi connectivity index (χ0) is 24.7. The summed E-state index contributed by atoms with van der Waals surface area (Å²) in [6, 6.07) is 6.40. The summed E-state index contributed by atoms with van der Waals surface area (Å²) in [5.74, 6) is -0.00234. The minimum absolute atomic E-state index is 0.103. The highest BCUT2D eigenvalue weighted by Crippen LogP contribution is 2.31. The van der Waals surface area contributed by atoms with Gasteiger partial charge in [0.05, 0.1) is 12.1 Å². The molecule has 1 aromatic carbocycles. The van der Waals surface area contributed by atoms with Gasteiger partial charge in [0.1, 0.15) is 17.5 Å². The van der Waals surface area contributed by atoms with Gasteiger partial charge in [0, 0.05) is 67.6 Å². The average Bonchev–Trinajstić information content (AvgIpc) is 3.37. The van der Waals surface area contributed by atoms with E-state index in [1.807, 2.05) is 13.8 Å². The second-order valence-electron chi connectivity index (χ2n) is 9.30. The predicted molar refractivity (Wildman–Crippen MR) is 130 cm³/mol. The van der Waals surface area contributed by atoms with Crippen LogP contribution in [-0.2, 0) is 7.05 Å². The molecule has 8 nitrogen and oxygen atoms in total. The van der Waals surface area contributed by atoms with Crippen LogP contribution in [0.5, 0.6) is 5.88 Å². The Morgan fingerprint density at radius 2 is 2.06 bits per heavy atom. The Bertz CT molecular complexity index is 1430. The molecule has 184 valence electrons. The highest BCUT2D eigenvalue weighted by Gasteiger charge is 2.21. The predicted octanol–water partition coefficient (Wildman–Crippen LogP) is 3.88. The summed E-state index contributed by atoms with van der Waals surface area (Å²) in [6.45, 7) is 6.39. The van der Waals surface area contributed by atoms with E-state index in [9.17, 15) is 9.18 Å². The van der Waals surface area contributed by atoms with Gasteiger partial charge in [0.25, 0.3) is 0 Å². The van der Waals surface area contributed by atoms with Gasteiger partial charge in [-0.2, -0.15) is 0 Å². The third-order valence-corrected chi connectivity index (χ3v) is 6.50. The van der Waals surface area contributed by atoms with Gasteiger partial charge in [0.15, 0.2) is 5.65 Å². The van der Waals surface area contributed by atoms with Crippen LogP contribution in [0.25, 0.3) is 33.2 Å². The first-order chi connectivity index (χ1) is 16.8. The molecule has 1 saturated heterocycles. The van der Waals surface area contributed by atoms with Crippen molar-refractivity contribution in [1.29, 1.82) is 0 Å². The van der Waals surface area contributed by atoms with Crippen molar-refractivity contribution >= 4 is 22.1 Å². The van der Waals surface area contributed by atoms with Crippen molar-refractivity contribution in [2.45, 2.75) is 38.9 Å². The number of pyridine rings is 1. The number of nitrogens with zero attached hydrogens (tertiary/aromatic N) is 6. The molecule has 1 aliphatic rings. The Morgan fingerprint density at radius 1 is 1.23 bits per heavy atom. The molecule has 35 heavy (non-hydrogen) atoms. The van der Waals surface area contributed by atoms with Gasteiger partial charge >= 0.3 is 5.69 Å². The number of ether oxygens (including phenoxy) is 1. The second-order valence-corrected chi connectivity index (χ2v) is 9.30. The SMILES string of the molecule is CC(C)n1c(=O)n(C)c2nnc3cc(F)c(-c4ccc(OCCCN5CC[C@@H](F)C5)nc4)cc3c21. The first-order valence-electron chi connectivity index (χ1n) is 11.9. The maximum absolute atomic E-state index is 15.0. The molecule has 1 fully saturated rings. The van der Waals surface area contributed by atoms with Gasteiger partial charge in [0.2, 0.25) is 5.88 Å². The van der Waals surface area contributed by atoms with Crippen LogP contribution in [0.2, 0.25) is 0 Å². The topological polar surface area (TPSA) is 78.1 Å². The van der Waals surface area contributed by atoms with E-state index in [1.165, 1.54) is 10.6 Å². The molecule has 1 atom stereocenters. The number of imidazole rings is 1. The quantitative estimate of drug-likeness (QED) is 0.372. The van der Waals surface area contributed by atoms with Crippen LogP contribution in [0.4, 0.5) is 8.78 Å². The van der Waals surface area contributed by atoms with Crippen LogP contribution in [0.15, 0.2) is 35.3 Å². The summed E-state index contributed by atoms with van der Waals surface area (Å²) >= 11 is 0. The maximum atomic E-state index is 15.0. The molecule has 0 spiro atoms. The average molecular weight is 483 g/mol. The molecule has 3 aromatic heterocycles. The first kappa shape index (κ1) is 23.3. The standard InChI is InChI=1S/C25H28F2N6O2/c1-15(2)33-23-19-11-18(20(27)12-21(19)29-30-24(23)31(3)25(33)34)16-5-6-22(28-13-16)35-10-4-8-32-9-7-17(26)14-32/h5-6,11-13,15,17H,4,7-10,14H2,1-3H3/t17-/m1/s1. The number of alkyl halides is 1. The van der Waals surface area contributed by atoms with E-state index in [1.54, 1.807) is 36.0 Å². The van der Waals surface area contributed by atoms with E-state index in [-0.39, 0.29) is 11.7 Å². The Labute approximate surface area is 201 Å². The first-order valence-corrected chi connectivity index (χ1v) is 11.9. The Balaban J connectivity index is 1.40. The molecular formula is C25H28F2N6O2. The van der Waals surface area contributed by atoms with Crippen molar-refractivity contribution in [3.63, 3.8) is 0 Å². The summed E-state index contributed by atoms with van der Waals surface area (Å²) in [6.07, 6.45) is 2.23. The molecule has 10 heteroatoms. The molecular weight excluding hydrogens is 454 g/mol. The molecule has 0 N–H and O–H groups in total. The van der Waals surface area contributed by atoms with Gasteiger partial charge in [-0.05, 0) is 38.8 Å². The summed E-state index contributed by atoms with van der Waals surface area (Å²) < 4.78 is 37.1. The summed E-state index contributed by atoms with van der Waals surface area (Å²) in [5, 5.41) is 8.96. The normalized spacial score (nSPS) is 16.7. The van der Waals surface area contributed by atoms with Gasteiger partial charge in [-0.3, -0.25) is 9.13 Å². The fourth-order valence-corrected chi connectivity index (χ4v) is 4.69. The lowest BCUT2D eigenvalue weighted by Gasteiger charge is -2.14. The molecule has 4 aromatic rings. The van der Waals surface area contributed by atoms with Gasteiger partial charge in [-0.1, -0.05) is 0 Å². The highest BCUT2D eigenvalue weighted by atomic mass is 19.1. The zero-order valence-electron chi connectivity index (χ0n) is 20.0. The molecule has 0 radical (unpaired) electrons. The lowest BCUT2D eigenvalue weighted by atomic mass is 10.0. The zero-order valence-corrected chi connectivity index (χ0v) is 20.0. The molecule has 0 bridgehead atoms. The summed E-state index contributed by atoms with van der Waals surface area (Å²) in [4.78, 5) is 19.2. The van der Waals surface area contributed by atoms with Crippen LogP contribution in [-0.4, -0.2) is 61.6 Å². The maximum Gasteiger partial charge on any atom is 0.330 e. The molecule has 4 heterocycles. The minimum atomic E-state index is -0.719. The van der Waals surface area contributed by atoms with Gasteiger partial charge < -0.3 is 9.64 Å². The Morgan fingerprint density at radius 3 is 2.74 bits per heavy atom. The number of rotatable bonds is 7. The Hall–Kier alpha value is -3.40. The van der Waals surface area contributed by atoms with Gasteiger partial charge in [-0.15, -0.1) is 10.2 Å². The number of benzene rings is 1. The van der Waals surface area contributed by atoms with Crippen molar-refractivity contribution in [2.24, 2.45) is 7.05 Å². The molecule has 0 amide bonds. The molecule has 1 aliphatic heterocycles. The number of halogens is 2. The minimum Gasteiger partial charge on any atom is -0.478 e. The van der Waals surface area contributed by atoms with E-state index >= 15 is 4.39 Å². The van der Waals surface area contributed by atoms with Crippen LogP contribution in [0.3, 0.4) is 0 Å². The van der Waals surface area contributed by atoms with Crippen LogP contribution >= 0.6 is 0 Å². The molecule has 0 saturated carbocycles. The van der Waals surface area contributed by atoms with Crippen molar-refractivity contribution in [1.82, 2.24) is 29.2 Å². The number of aryl methyl sites for hydroxylation is 1. The smallest absolute Gasteiger partial charge is 0.330 e. The number of hydrogen-bond donors (Lipinski definition) is 0. The van der Waals surface area contributed by atoms with E-state index in [0.29, 0.717) is 58.6 Å². The third kappa shape index (κ3) is 4.38. The Kier molecular flexibility index (Phi) is 6.22. The lowest BCUT2D eigenvalue weighted by Crippen LogP contribution is -2.23. The molecule has 0 unspecified atom stereocenters. The highest BCUT2D eigenvalue weighted by molar-refractivity contribution is 6.02. The van der Waals surface area contributed by atoms with E-state index in [2.05, 4.69) is 20.1 Å². The van der Waals surface area contributed by atoms with Crippen LogP contribution in [0, 0.1) is 5.82 Å². The van der Waals surface area contributed by atoms with E-state index in [0.717, 1.165) is 19.5 Å². The summed E-state index contributed by atoms with van der Waals surface area (Å²) in [7, 11) is 1.65. The summed E-state index contributed by atoms with van der Waals surface area (Å²) in [5.41, 5.74) is 2.20. The number of hydrogen-bond acceptors (Lipinski definition) is 6. The largest absolute Gasteiger partial charge is 0.478 e. The number of aromatic nitrogens is 5. The number of likely N-dealkylation sites (tertiary alicyclic amines) is 1. The third-order valence-electron chi connectivity index (χ3n) is 6.50. The van der Waals surface area contributed by atoms with Crippen molar-refractivity contribution in [2.75, 3.05) is 26.2 Å². The monoisotopic (exact) mass is 482 g/mol. The fraction of sp³-hybridized carbons (Fsp3) is 0.440. The molecule has 0 aliphatic carbocycles. The fourth-order valence-electron chi connectivity index (χ4n) is 4.69. The number of fused-ring (bicyclic) bond motifs is 3. The van der Waals surface area contributed by atoms with E-state index < -0.39 is 12.0 Å². The van der Waals surface area contributed by atoms with Crippen molar-refractivity contribution in [3.05, 3.63) is 46.8 Å². The van der Waals surface area contributed by atoms with Crippen molar-refractivity contribution in [3.8, 4) is 17.0 Å². The lowest BCUT2D eigenvalue weighted by molar-refractivity contribution is 0.244. The van der Waals surface area contributed by atoms with E-state index in [4.69, 9.17) is 4.74 Å². The second kappa shape index (κ2) is 9.33. The van der Waals surface area contributed by atoms with Gasteiger partial charge in [-0.25, -0.2) is 18.6 Å². The van der Waals surface area contributed by atoms with Crippen molar-refractivity contribution < 1.29 is 13.5 Å². The van der Waals surface area contributed by atoms with Crippen LogP contribution < -0.4 is 10.4 Å².